The normalized spacial score (nSPS) is 10.5. The van der Waals surface area contributed by atoms with E-state index in [0.29, 0.717) is 19.0 Å². The van der Waals surface area contributed by atoms with Crippen LogP contribution in [-0.4, -0.2) is 46.4 Å². The SMILES string of the molecule is COCCNC(=O)Cn1nnc(-c2cccs2)n1. The molecule has 1 amide bonds. The first-order valence-electron chi connectivity index (χ1n) is 5.37. The van der Waals surface area contributed by atoms with Crippen LogP contribution in [0.1, 0.15) is 0 Å². The summed E-state index contributed by atoms with van der Waals surface area (Å²) in [5.74, 6) is 0.372. The molecule has 0 radical (unpaired) electrons. The standard InChI is InChI=1S/C10H13N5O2S/c1-17-5-4-11-9(16)7-15-13-10(12-14-15)8-3-2-6-18-8/h2-3,6H,4-5,7H2,1H3,(H,11,16). The van der Waals surface area contributed by atoms with Gasteiger partial charge < -0.3 is 10.1 Å². The molecule has 2 aromatic heterocycles. The highest BCUT2D eigenvalue weighted by atomic mass is 32.1. The van der Waals surface area contributed by atoms with Gasteiger partial charge in [0.1, 0.15) is 6.54 Å². The molecule has 0 aromatic carbocycles. The van der Waals surface area contributed by atoms with Gasteiger partial charge in [-0.2, -0.15) is 4.80 Å². The van der Waals surface area contributed by atoms with E-state index in [9.17, 15) is 4.79 Å². The fraction of sp³-hybridized carbons (Fsp3) is 0.400. The van der Waals surface area contributed by atoms with Crippen molar-refractivity contribution in [3.63, 3.8) is 0 Å². The Morgan fingerprint density at radius 1 is 1.61 bits per heavy atom. The molecule has 2 rings (SSSR count). The fourth-order valence-electron chi connectivity index (χ4n) is 1.29. The number of aromatic nitrogens is 4. The Morgan fingerprint density at radius 3 is 3.22 bits per heavy atom. The van der Waals surface area contributed by atoms with Gasteiger partial charge in [-0.3, -0.25) is 4.79 Å². The van der Waals surface area contributed by atoms with Gasteiger partial charge in [0.2, 0.25) is 11.7 Å². The lowest BCUT2D eigenvalue weighted by molar-refractivity contribution is -0.122. The molecule has 0 saturated heterocycles. The maximum absolute atomic E-state index is 11.5. The first kappa shape index (κ1) is 12.7. The molecule has 0 unspecified atom stereocenters. The van der Waals surface area contributed by atoms with Crippen LogP contribution in [0.3, 0.4) is 0 Å². The Hall–Kier alpha value is -1.80. The van der Waals surface area contributed by atoms with Crippen molar-refractivity contribution in [3.8, 4) is 10.7 Å². The summed E-state index contributed by atoms with van der Waals surface area (Å²) in [6, 6.07) is 3.82. The van der Waals surface area contributed by atoms with Gasteiger partial charge in [0.15, 0.2) is 0 Å². The summed E-state index contributed by atoms with van der Waals surface area (Å²) in [5, 5.41) is 16.5. The molecule has 96 valence electrons. The van der Waals surface area contributed by atoms with Crippen LogP contribution in [0, 0.1) is 0 Å². The number of hydrogen-bond acceptors (Lipinski definition) is 6. The molecule has 0 bridgehead atoms. The zero-order chi connectivity index (χ0) is 12.8. The van der Waals surface area contributed by atoms with Crippen molar-refractivity contribution < 1.29 is 9.53 Å². The van der Waals surface area contributed by atoms with E-state index in [-0.39, 0.29) is 12.5 Å². The molecular weight excluding hydrogens is 254 g/mol. The average molecular weight is 267 g/mol. The quantitative estimate of drug-likeness (QED) is 0.754. The summed E-state index contributed by atoms with van der Waals surface area (Å²) < 4.78 is 4.83. The highest BCUT2D eigenvalue weighted by Crippen LogP contribution is 2.19. The minimum atomic E-state index is -0.165. The van der Waals surface area contributed by atoms with Crippen molar-refractivity contribution in [1.82, 2.24) is 25.5 Å². The van der Waals surface area contributed by atoms with Gasteiger partial charge in [0, 0.05) is 13.7 Å². The van der Waals surface area contributed by atoms with Crippen LogP contribution in [0.2, 0.25) is 0 Å². The average Bonchev–Trinajstić information content (AvgIpc) is 2.98. The molecule has 0 aliphatic heterocycles. The molecule has 0 aliphatic rings. The van der Waals surface area contributed by atoms with Gasteiger partial charge in [0.05, 0.1) is 11.5 Å². The summed E-state index contributed by atoms with van der Waals surface area (Å²) in [6.45, 7) is 1.01. The largest absolute Gasteiger partial charge is 0.383 e. The number of ether oxygens (including phenoxy) is 1. The molecule has 1 N–H and O–H groups in total. The summed E-state index contributed by atoms with van der Waals surface area (Å²) in [4.78, 5) is 13.7. The number of hydrogen-bond donors (Lipinski definition) is 1. The number of rotatable bonds is 6. The van der Waals surface area contributed by atoms with E-state index in [1.807, 2.05) is 17.5 Å². The first-order valence-corrected chi connectivity index (χ1v) is 6.25. The number of methoxy groups -OCH3 is 1. The second kappa shape index (κ2) is 6.22. The van der Waals surface area contributed by atoms with Crippen LogP contribution in [0.4, 0.5) is 0 Å². The number of thiophene rings is 1. The topological polar surface area (TPSA) is 81.9 Å². The molecule has 0 aliphatic carbocycles. The molecule has 0 spiro atoms. The molecule has 2 heterocycles. The molecule has 0 saturated carbocycles. The van der Waals surface area contributed by atoms with Crippen LogP contribution in [0.15, 0.2) is 17.5 Å². The van der Waals surface area contributed by atoms with E-state index < -0.39 is 0 Å². The van der Waals surface area contributed by atoms with E-state index in [0.717, 1.165) is 4.88 Å². The van der Waals surface area contributed by atoms with Gasteiger partial charge in [-0.25, -0.2) is 0 Å². The van der Waals surface area contributed by atoms with E-state index >= 15 is 0 Å². The van der Waals surface area contributed by atoms with Crippen LogP contribution in [-0.2, 0) is 16.1 Å². The second-order valence-corrected chi connectivity index (χ2v) is 4.41. The third-order valence-corrected chi connectivity index (χ3v) is 2.97. The highest BCUT2D eigenvalue weighted by Gasteiger charge is 2.09. The maximum Gasteiger partial charge on any atom is 0.243 e. The molecular formula is C10H13N5O2S. The van der Waals surface area contributed by atoms with Crippen LogP contribution < -0.4 is 5.32 Å². The zero-order valence-corrected chi connectivity index (χ0v) is 10.7. The van der Waals surface area contributed by atoms with Gasteiger partial charge in [-0.05, 0) is 16.7 Å². The number of tetrazole rings is 1. The number of nitrogens with zero attached hydrogens (tertiary/aromatic N) is 4. The third kappa shape index (κ3) is 3.34. The smallest absolute Gasteiger partial charge is 0.243 e. The second-order valence-electron chi connectivity index (χ2n) is 3.46. The van der Waals surface area contributed by atoms with Crippen LogP contribution >= 0.6 is 11.3 Å². The van der Waals surface area contributed by atoms with Gasteiger partial charge in [-0.15, -0.1) is 21.5 Å². The Balaban J connectivity index is 1.89. The van der Waals surface area contributed by atoms with E-state index in [4.69, 9.17) is 4.74 Å². The monoisotopic (exact) mass is 267 g/mol. The summed E-state index contributed by atoms with van der Waals surface area (Å²) in [5.41, 5.74) is 0. The minimum absolute atomic E-state index is 0.0576. The number of carbonyl (C=O) groups excluding carboxylic acids is 1. The molecule has 18 heavy (non-hydrogen) atoms. The van der Waals surface area contributed by atoms with Crippen LogP contribution in [0.25, 0.3) is 10.7 Å². The maximum atomic E-state index is 11.5. The Kier molecular flexibility index (Phi) is 4.37. The van der Waals surface area contributed by atoms with Gasteiger partial charge in [-0.1, -0.05) is 6.07 Å². The molecule has 0 atom stereocenters. The van der Waals surface area contributed by atoms with Crippen molar-refractivity contribution >= 4 is 17.2 Å². The summed E-state index contributed by atoms with van der Waals surface area (Å²) >= 11 is 1.53. The van der Waals surface area contributed by atoms with E-state index in [2.05, 4.69) is 20.7 Å². The van der Waals surface area contributed by atoms with Crippen molar-refractivity contribution in [3.05, 3.63) is 17.5 Å². The van der Waals surface area contributed by atoms with Crippen LogP contribution in [0.5, 0.6) is 0 Å². The van der Waals surface area contributed by atoms with Crippen molar-refractivity contribution in [1.29, 1.82) is 0 Å². The highest BCUT2D eigenvalue weighted by molar-refractivity contribution is 7.13. The molecule has 0 fully saturated rings. The van der Waals surface area contributed by atoms with Crippen molar-refractivity contribution in [2.75, 3.05) is 20.3 Å². The minimum Gasteiger partial charge on any atom is -0.383 e. The van der Waals surface area contributed by atoms with Gasteiger partial charge in [0.25, 0.3) is 0 Å². The molecule has 2 aromatic rings. The summed E-state index contributed by atoms with van der Waals surface area (Å²) in [6.07, 6.45) is 0. The van der Waals surface area contributed by atoms with Crippen molar-refractivity contribution in [2.24, 2.45) is 0 Å². The first-order chi connectivity index (χ1) is 8.79. The fourth-order valence-corrected chi connectivity index (χ4v) is 1.94. The molecule has 7 nitrogen and oxygen atoms in total. The molecule has 8 heteroatoms. The number of nitrogens with one attached hydrogen (secondary N) is 1. The predicted molar refractivity (Wildman–Crippen MR) is 66.0 cm³/mol. The van der Waals surface area contributed by atoms with E-state index in [1.54, 1.807) is 7.11 Å². The third-order valence-electron chi connectivity index (χ3n) is 2.11. The number of amides is 1. The van der Waals surface area contributed by atoms with Crippen molar-refractivity contribution in [2.45, 2.75) is 6.54 Å². The zero-order valence-electron chi connectivity index (χ0n) is 9.87. The Bertz CT molecular complexity index is 496. The Labute approximate surface area is 108 Å². The summed E-state index contributed by atoms with van der Waals surface area (Å²) in [7, 11) is 1.58. The lowest BCUT2D eigenvalue weighted by Gasteiger charge is -2.02. The van der Waals surface area contributed by atoms with E-state index in [1.165, 1.54) is 16.1 Å². The van der Waals surface area contributed by atoms with Gasteiger partial charge >= 0.3 is 0 Å². The number of carbonyl (C=O) groups is 1. The predicted octanol–water partition coefficient (Wildman–Crippen LogP) is 0.164. The lowest BCUT2D eigenvalue weighted by Crippen LogP contribution is -2.31. The Morgan fingerprint density at radius 2 is 2.50 bits per heavy atom. The lowest BCUT2D eigenvalue weighted by atomic mass is 10.5.